The molecule has 1 atom stereocenters. The average Bonchev–Trinajstić information content (AvgIpc) is 2.46. The van der Waals surface area contributed by atoms with Crippen molar-refractivity contribution in [2.75, 3.05) is 31.1 Å². The fraction of sp³-hybridized carbons (Fsp3) is 0.462. The maximum Gasteiger partial charge on any atom is 0.292 e. The van der Waals surface area contributed by atoms with Crippen LogP contribution in [0.25, 0.3) is 0 Å². The zero-order valence-electron chi connectivity index (χ0n) is 11.2. The van der Waals surface area contributed by atoms with E-state index >= 15 is 0 Å². The number of anilines is 1. The molecule has 1 unspecified atom stereocenters. The van der Waals surface area contributed by atoms with Crippen molar-refractivity contribution in [3.8, 4) is 0 Å². The topological polar surface area (TPSA) is 86.9 Å². The third-order valence-corrected chi connectivity index (χ3v) is 3.37. The van der Waals surface area contributed by atoms with Gasteiger partial charge < -0.3 is 14.9 Å². The smallest absolute Gasteiger partial charge is 0.292 e. The van der Waals surface area contributed by atoms with Gasteiger partial charge in [0.1, 0.15) is 11.8 Å². The molecule has 1 saturated heterocycles. The number of para-hydroxylation sites is 2. The van der Waals surface area contributed by atoms with Crippen LogP contribution in [-0.4, -0.2) is 53.1 Å². The summed E-state index contributed by atoms with van der Waals surface area (Å²) in [5, 5.41) is 20.3. The standard InChI is InChI=1S/C13H17N3O4/c1-10(17)13(18)15-8-6-14(7-9-15)11-4-2-3-5-12(11)16(19)20/h2-5,10,17H,6-9H2,1H3. The van der Waals surface area contributed by atoms with Gasteiger partial charge in [0, 0.05) is 32.2 Å². The van der Waals surface area contributed by atoms with Gasteiger partial charge in [-0.2, -0.15) is 0 Å². The molecular formula is C13H17N3O4. The lowest BCUT2D eigenvalue weighted by Crippen LogP contribution is -2.51. The van der Waals surface area contributed by atoms with Gasteiger partial charge in [-0.3, -0.25) is 14.9 Å². The van der Waals surface area contributed by atoms with E-state index in [0.29, 0.717) is 31.9 Å². The molecule has 0 bridgehead atoms. The van der Waals surface area contributed by atoms with Crippen molar-refractivity contribution in [1.29, 1.82) is 0 Å². The molecule has 1 aliphatic rings. The van der Waals surface area contributed by atoms with Crippen LogP contribution in [0.3, 0.4) is 0 Å². The molecule has 0 radical (unpaired) electrons. The second kappa shape index (κ2) is 5.87. The van der Waals surface area contributed by atoms with Gasteiger partial charge in [-0.05, 0) is 13.0 Å². The summed E-state index contributed by atoms with van der Waals surface area (Å²) in [7, 11) is 0. The molecule has 108 valence electrons. The first-order valence-corrected chi connectivity index (χ1v) is 6.46. The number of amides is 1. The highest BCUT2D eigenvalue weighted by Crippen LogP contribution is 2.28. The number of nitro benzene ring substituents is 1. The van der Waals surface area contributed by atoms with Gasteiger partial charge in [0.2, 0.25) is 0 Å². The fourth-order valence-electron chi connectivity index (χ4n) is 2.32. The summed E-state index contributed by atoms with van der Waals surface area (Å²) in [5.74, 6) is -0.299. The molecule has 1 aliphatic heterocycles. The van der Waals surface area contributed by atoms with Crippen molar-refractivity contribution in [2.45, 2.75) is 13.0 Å². The van der Waals surface area contributed by atoms with Gasteiger partial charge in [-0.1, -0.05) is 12.1 Å². The minimum Gasteiger partial charge on any atom is -0.384 e. The van der Waals surface area contributed by atoms with Crippen molar-refractivity contribution in [2.24, 2.45) is 0 Å². The Morgan fingerprint density at radius 1 is 1.30 bits per heavy atom. The first kappa shape index (κ1) is 14.3. The zero-order valence-corrected chi connectivity index (χ0v) is 11.2. The molecule has 0 spiro atoms. The Morgan fingerprint density at radius 3 is 2.45 bits per heavy atom. The quantitative estimate of drug-likeness (QED) is 0.647. The van der Waals surface area contributed by atoms with Crippen LogP contribution in [0.4, 0.5) is 11.4 Å². The van der Waals surface area contributed by atoms with Crippen molar-refractivity contribution >= 4 is 17.3 Å². The molecular weight excluding hydrogens is 262 g/mol. The van der Waals surface area contributed by atoms with E-state index in [2.05, 4.69) is 0 Å². The van der Waals surface area contributed by atoms with Crippen molar-refractivity contribution in [3.05, 3.63) is 34.4 Å². The fourth-order valence-corrected chi connectivity index (χ4v) is 2.32. The summed E-state index contributed by atoms with van der Waals surface area (Å²) in [4.78, 5) is 25.7. The van der Waals surface area contributed by atoms with Crippen LogP contribution in [0.1, 0.15) is 6.92 Å². The van der Waals surface area contributed by atoms with Gasteiger partial charge in [0.05, 0.1) is 4.92 Å². The second-order valence-electron chi connectivity index (χ2n) is 4.73. The number of carbonyl (C=O) groups excluding carboxylic acids is 1. The number of rotatable bonds is 3. The Balaban J connectivity index is 2.08. The first-order valence-electron chi connectivity index (χ1n) is 6.46. The number of aliphatic hydroxyl groups excluding tert-OH is 1. The summed E-state index contributed by atoms with van der Waals surface area (Å²) in [6.45, 7) is 3.38. The summed E-state index contributed by atoms with van der Waals surface area (Å²) in [6.07, 6.45) is -1.01. The lowest BCUT2D eigenvalue weighted by Gasteiger charge is -2.36. The lowest BCUT2D eigenvalue weighted by atomic mass is 10.2. The van der Waals surface area contributed by atoms with E-state index in [1.54, 1.807) is 23.1 Å². The van der Waals surface area contributed by atoms with Crippen molar-refractivity contribution in [1.82, 2.24) is 4.90 Å². The van der Waals surface area contributed by atoms with E-state index in [1.165, 1.54) is 13.0 Å². The number of carbonyl (C=O) groups is 1. The monoisotopic (exact) mass is 279 g/mol. The predicted octanol–water partition coefficient (Wildman–Crippen LogP) is 0.624. The molecule has 1 heterocycles. The number of hydrogen-bond acceptors (Lipinski definition) is 5. The van der Waals surface area contributed by atoms with E-state index in [1.807, 2.05) is 4.90 Å². The molecule has 7 nitrogen and oxygen atoms in total. The molecule has 0 aliphatic carbocycles. The van der Waals surface area contributed by atoms with Gasteiger partial charge in [0.25, 0.3) is 11.6 Å². The van der Waals surface area contributed by atoms with Crippen molar-refractivity contribution < 1.29 is 14.8 Å². The van der Waals surface area contributed by atoms with E-state index < -0.39 is 11.0 Å². The van der Waals surface area contributed by atoms with Crippen LogP contribution in [0, 0.1) is 10.1 Å². The van der Waals surface area contributed by atoms with Gasteiger partial charge in [-0.15, -0.1) is 0 Å². The molecule has 1 amide bonds. The number of nitrogens with zero attached hydrogens (tertiary/aromatic N) is 3. The summed E-state index contributed by atoms with van der Waals surface area (Å²) in [5.41, 5.74) is 0.643. The van der Waals surface area contributed by atoms with Crippen LogP contribution in [-0.2, 0) is 4.79 Å². The highest BCUT2D eigenvalue weighted by Gasteiger charge is 2.26. The maximum absolute atomic E-state index is 11.7. The summed E-state index contributed by atoms with van der Waals surface area (Å²) >= 11 is 0. The Morgan fingerprint density at radius 2 is 1.90 bits per heavy atom. The molecule has 7 heteroatoms. The molecule has 20 heavy (non-hydrogen) atoms. The van der Waals surface area contributed by atoms with Crippen molar-refractivity contribution in [3.63, 3.8) is 0 Å². The van der Waals surface area contributed by atoms with E-state index in [4.69, 9.17) is 0 Å². The van der Waals surface area contributed by atoms with Crippen LogP contribution < -0.4 is 4.90 Å². The molecule has 0 saturated carbocycles. The maximum atomic E-state index is 11.7. The molecule has 1 aromatic rings. The summed E-state index contributed by atoms with van der Waals surface area (Å²) in [6, 6.07) is 6.58. The predicted molar refractivity (Wildman–Crippen MR) is 73.6 cm³/mol. The van der Waals surface area contributed by atoms with E-state index in [9.17, 15) is 20.0 Å². The number of piperazine rings is 1. The average molecular weight is 279 g/mol. The van der Waals surface area contributed by atoms with Gasteiger partial charge >= 0.3 is 0 Å². The Hall–Kier alpha value is -2.15. The first-order chi connectivity index (χ1) is 9.50. The molecule has 1 fully saturated rings. The van der Waals surface area contributed by atoms with Crippen LogP contribution >= 0.6 is 0 Å². The molecule has 1 N–H and O–H groups in total. The third kappa shape index (κ3) is 2.88. The number of aliphatic hydroxyl groups is 1. The Kier molecular flexibility index (Phi) is 4.19. The minimum absolute atomic E-state index is 0.0720. The number of hydrogen-bond donors (Lipinski definition) is 1. The number of benzene rings is 1. The zero-order chi connectivity index (χ0) is 14.7. The SMILES string of the molecule is CC(O)C(=O)N1CCN(c2ccccc2[N+](=O)[O-])CC1. The van der Waals surface area contributed by atoms with E-state index in [0.717, 1.165) is 0 Å². The summed E-state index contributed by atoms with van der Waals surface area (Å²) < 4.78 is 0. The van der Waals surface area contributed by atoms with Crippen LogP contribution in [0.15, 0.2) is 24.3 Å². The van der Waals surface area contributed by atoms with Crippen LogP contribution in [0.5, 0.6) is 0 Å². The van der Waals surface area contributed by atoms with E-state index in [-0.39, 0.29) is 11.6 Å². The van der Waals surface area contributed by atoms with Crippen LogP contribution in [0.2, 0.25) is 0 Å². The highest BCUT2D eigenvalue weighted by atomic mass is 16.6. The van der Waals surface area contributed by atoms with Gasteiger partial charge in [0.15, 0.2) is 0 Å². The molecule has 0 aromatic heterocycles. The Bertz CT molecular complexity index is 510. The highest BCUT2D eigenvalue weighted by molar-refractivity contribution is 5.80. The molecule has 2 rings (SSSR count). The lowest BCUT2D eigenvalue weighted by molar-refractivity contribution is -0.384. The molecule has 1 aromatic carbocycles. The third-order valence-electron chi connectivity index (χ3n) is 3.37. The second-order valence-corrected chi connectivity index (χ2v) is 4.73. The Labute approximate surface area is 116 Å². The van der Waals surface area contributed by atoms with Gasteiger partial charge in [-0.25, -0.2) is 0 Å². The normalized spacial score (nSPS) is 16.9. The largest absolute Gasteiger partial charge is 0.384 e. The minimum atomic E-state index is -1.01. The number of nitro groups is 1.